The number of rotatable bonds is 8. The summed E-state index contributed by atoms with van der Waals surface area (Å²) in [5.41, 5.74) is 2.44. The van der Waals surface area contributed by atoms with Gasteiger partial charge in [0.2, 0.25) is 5.91 Å². The van der Waals surface area contributed by atoms with Gasteiger partial charge in [0.1, 0.15) is 4.90 Å². The van der Waals surface area contributed by atoms with Crippen molar-refractivity contribution < 1.29 is 18.0 Å². The minimum Gasteiger partial charge on any atom is -0.321 e. The molecule has 0 fully saturated rings. The summed E-state index contributed by atoms with van der Waals surface area (Å²) in [6.45, 7) is 1.91. The molecule has 0 aliphatic heterocycles. The highest BCUT2D eigenvalue weighted by molar-refractivity contribution is 7.90. The number of nitrogens with one attached hydrogen (secondary N) is 2. The molecule has 0 aliphatic carbocycles. The van der Waals surface area contributed by atoms with Crippen LogP contribution in [-0.4, -0.2) is 20.2 Å². The number of benzene rings is 3. The van der Waals surface area contributed by atoms with Gasteiger partial charge in [0.15, 0.2) is 0 Å². The largest absolute Gasteiger partial charge is 0.321 e. The molecule has 2 N–H and O–H groups in total. The predicted molar refractivity (Wildman–Crippen MR) is 134 cm³/mol. The second kappa shape index (κ2) is 11.1. The van der Waals surface area contributed by atoms with Crippen LogP contribution in [0.3, 0.4) is 0 Å². The van der Waals surface area contributed by atoms with Gasteiger partial charge >= 0.3 is 0 Å². The molecule has 3 rings (SSSR count). The molecule has 0 heterocycles. The van der Waals surface area contributed by atoms with E-state index in [0.29, 0.717) is 5.56 Å². The van der Waals surface area contributed by atoms with Crippen LogP contribution in [0.2, 0.25) is 0 Å². The Morgan fingerprint density at radius 1 is 0.941 bits per heavy atom. The Labute approximate surface area is 199 Å². The van der Waals surface area contributed by atoms with E-state index in [9.17, 15) is 18.0 Å². The Hall–Kier alpha value is -4.15. The normalized spacial score (nSPS) is 11.1. The number of amides is 2. The fourth-order valence-electron chi connectivity index (χ4n) is 3.27. The summed E-state index contributed by atoms with van der Waals surface area (Å²) in [6.07, 6.45) is 9.69. The quantitative estimate of drug-likeness (QED) is 0.366. The number of anilines is 1. The first-order chi connectivity index (χ1) is 16.4. The highest BCUT2D eigenvalue weighted by Gasteiger charge is 2.22. The number of para-hydroxylation sites is 1. The third kappa shape index (κ3) is 6.00. The van der Waals surface area contributed by atoms with Gasteiger partial charge in [-0.1, -0.05) is 73.5 Å². The van der Waals surface area contributed by atoms with Crippen molar-refractivity contribution in [2.24, 2.45) is 0 Å². The van der Waals surface area contributed by atoms with Gasteiger partial charge in [-0.25, -0.2) is 13.1 Å². The van der Waals surface area contributed by atoms with Crippen molar-refractivity contribution in [1.82, 2.24) is 4.72 Å². The van der Waals surface area contributed by atoms with Crippen LogP contribution in [0.5, 0.6) is 0 Å². The average molecular weight is 473 g/mol. The van der Waals surface area contributed by atoms with Gasteiger partial charge in [-0.2, -0.15) is 0 Å². The molecule has 0 radical (unpaired) electrons. The van der Waals surface area contributed by atoms with E-state index in [4.69, 9.17) is 6.42 Å². The number of hydrogen-bond acceptors (Lipinski definition) is 4. The van der Waals surface area contributed by atoms with E-state index >= 15 is 0 Å². The third-order valence-corrected chi connectivity index (χ3v) is 6.34. The van der Waals surface area contributed by atoms with Crippen molar-refractivity contribution >= 4 is 27.5 Å². The molecule has 2 amide bonds. The zero-order valence-corrected chi connectivity index (χ0v) is 19.4. The van der Waals surface area contributed by atoms with E-state index in [0.717, 1.165) is 17.5 Å². The van der Waals surface area contributed by atoms with Gasteiger partial charge in [0.05, 0.1) is 11.3 Å². The fraction of sp³-hybridized carbons (Fsp3) is 0.111. The maximum Gasteiger partial charge on any atom is 0.266 e. The van der Waals surface area contributed by atoms with E-state index < -0.39 is 21.8 Å². The summed E-state index contributed by atoms with van der Waals surface area (Å²) in [7, 11) is -4.20. The zero-order valence-electron chi connectivity index (χ0n) is 18.6. The highest BCUT2D eigenvalue weighted by Crippen LogP contribution is 2.25. The van der Waals surface area contributed by atoms with Crippen molar-refractivity contribution in [3.63, 3.8) is 0 Å². The van der Waals surface area contributed by atoms with Crippen molar-refractivity contribution in [2.75, 3.05) is 5.32 Å². The second-order valence-corrected chi connectivity index (χ2v) is 8.98. The maximum atomic E-state index is 13.0. The Balaban J connectivity index is 1.86. The lowest BCUT2D eigenvalue weighted by molar-refractivity contribution is -0.118. The number of allylic oxidation sites excluding steroid dienone is 1. The molecule has 172 valence electrons. The molecule has 3 aromatic rings. The molecule has 6 nitrogen and oxygen atoms in total. The molecule has 0 atom stereocenters. The van der Waals surface area contributed by atoms with Gasteiger partial charge < -0.3 is 5.32 Å². The standard InChI is InChI=1S/C27H24N2O4S/c1-3-5-7-16-26(30)29-34(32,33)25-15-11-10-14-24(25)28-27(31)23-18-17-22(19-20(23)4-2)21-12-8-6-9-13-21/h2,5-15,17-19H,3,16H2,1H3,(H,28,31)(H,29,30)/b7-5+. The number of sulfonamides is 1. The first-order valence-corrected chi connectivity index (χ1v) is 12.1. The number of hydrogen-bond donors (Lipinski definition) is 2. The van der Waals surface area contributed by atoms with Crippen molar-refractivity contribution in [3.05, 3.63) is 96.1 Å². The van der Waals surface area contributed by atoms with Gasteiger partial charge in [-0.05, 0) is 41.8 Å². The van der Waals surface area contributed by atoms with Gasteiger partial charge in [-0.15, -0.1) is 6.42 Å². The summed E-state index contributed by atoms with van der Waals surface area (Å²) in [6, 6.07) is 20.5. The van der Waals surface area contributed by atoms with Crippen LogP contribution in [0.4, 0.5) is 5.69 Å². The molecule has 34 heavy (non-hydrogen) atoms. The predicted octanol–water partition coefficient (Wildman–Crippen LogP) is 4.75. The lowest BCUT2D eigenvalue weighted by Gasteiger charge is -2.13. The Bertz CT molecular complexity index is 1370. The molecule has 0 unspecified atom stereocenters. The fourth-order valence-corrected chi connectivity index (χ4v) is 4.43. The molecular formula is C27H24N2O4S. The third-order valence-electron chi connectivity index (χ3n) is 4.91. The summed E-state index contributed by atoms with van der Waals surface area (Å²) >= 11 is 0. The van der Waals surface area contributed by atoms with Crippen LogP contribution < -0.4 is 10.0 Å². The van der Waals surface area contributed by atoms with Crippen molar-refractivity contribution in [3.8, 4) is 23.5 Å². The summed E-state index contributed by atoms with van der Waals surface area (Å²) < 4.78 is 27.6. The summed E-state index contributed by atoms with van der Waals surface area (Å²) in [5, 5.41) is 2.61. The van der Waals surface area contributed by atoms with E-state index in [2.05, 4.69) is 11.2 Å². The topological polar surface area (TPSA) is 92.3 Å². The molecule has 0 spiro atoms. The average Bonchev–Trinajstić information content (AvgIpc) is 2.84. The minimum atomic E-state index is -4.20. The van der Waals surface area contributed by atoms with Crippen molar-refractivity contribution in [1.29, 1.82) is 0 Å². The molecule has 0 bridgehead atoms. The van der Waals surface area contributed by atoms with Crippen LogP contribution in [0.15, 0.2) is 89.8 Å². The minimum absolute atomic E-state index is 0.0343. The molecule has 0 aliphatic rings. The lowest BCUT2D eigenvalue weighted by Crippen LogP contribution is -2.31. The maximum absolute atomic E-state index is 13.0. The van der Waals surface area contributed by atoms with E-state index in [-0.39, 0.29) is 22.6 Å². The molecule has 0 aromatic heterocycles. The first kappa shape index (κ1) is 24.5. The summed E-state index contributed by atoms with van der Waals surface area (Å²) in [4.78, 5) is 24.8. The second-order valence-electron chi connectivity index (χ2n) is 7.33. The van der Waals surface area contributed by atoms with Crippen LogP contribution in [-0.2, 0) is 14.8 Å². The Morgan fingerprint density at radius 3 is 2.35 bits per heavy atom. The van der Waals surface area contributed by atoms with Crippen LogP contribution >= 0.6 is 0 Å². The number of terminal acetylenes is 1. The van der Waals surface area contributed by atoms with Crippen LogP contribution in [0, 0.1) is 12.3 Å². The van der Waals surface area contributed by atoms with Crippen LogP contribution in [0.1, 0.15) is 35.7 Å². The van der Waals surface area contributed by atoms with Gasteiger partial charge in [0, 0.05) is 12.0 Å². The van der Waals surface area contributed by atoms with Gasteiger partial charge in [-0.3, -0.25) is 9.59 Å². The first-order valence-electron chi connectivity index (χ1n) is 10.6. The van der Waals surface area contributed by atoms with Crippen LogP contribution in [0.25, 0.3) is 11.1 Å². The smallest absolute Gasteiger partial charge is 0.266 e. The SMILES string of the molecule is C#Cc1cc(-c2ccccc2)ccc1C(=O)Nc1ccccc1S(=O)(=O)NC(=O)C/C=C/CC. The Morgan fingerprint density at radius 2 is 1.65 bits per heavy atom. The number of carbonyl (C=O) groups excluding carboxylic acids is 2. The Kier molecular flexibility index (Phi) is 8.01. The van der Waals surface area contributed by atoms with E-state index in [1.54, 1.807) is 36.4 Å². The molecule has 7 heteroatoms. The molecule has 3 aromatic carbocycles. The summed E-state index contributed by atoms with van der Waals surface area (Å²) in [5.74, 6) is 1.29. The lowest BCUT2D eigenvalue weighted by atomic mass is 9.99. The van der Waals surface area contributed by atoms with E-state index in [1.807, 2.05) is 42.0 Å². The molecule has 0 saturated heterocycles. The number of carbonyl (C=O) groups is 2. The zero-order chi connectivity index (χ0) is 24.6. The monoisotopic (exact) mass is 472 g/mol. The van der Waals surface area contributed by atoms with Gasteiger partial charge in [0.25, 0.3) is 15.9 Å². The molecular weight excluding hydrogens is 448 g/mol. The molecule has 0 saturated carbocycles. The van der Waals surface area contributed by atoms with Crippen molar-refractivity contribution in [2.45, 2.75) is 24.7 Å². The van der Waals surface area contributed by atoms with E-state index in [1.165, 1.54) is 18.2 Å². The highest BCUT2D eigenvalue weighted by atomic mass is 32.2.